The highest BCUT2D eigenvalue weighted by Gasteiger charge is 2.31. The number of fused-ring (bicyclic) bond motifs is 1. The molecule has 2 aromatic carbocycles. The van der Waals surface area contributed by atoms with Crippen LogP contribution >= 0.6 is 0 Å². The third-order valence-corrected chi connectivity index (χ3v) is 6.45. The van der Waals surface area contributed by atoms with Crippen LogP contribution in [0.1, 0.15) is 31.2 Å². The molecule has 0 spiro atoms. The molecule has 3 aromatic rings. The van der Waals surface area contributed by atoms with Crippen LogP contribution in [0, 0.1) is 6.92 Å². The molecule has 2 aliphatic rings. The van der Waals surface area contributed by atoms with E-state index >= 15 is 0 Å². The number of carbonyl (C=O) groups excluding carboxylic acids is 1. The van der Waals surface area contributed by atoms with Crippen molar-refractivity contribution in [3.63, 3.8) is 0 Å². The number of hydrogen-bond donors (Lipinski definition) is 0. The predicted octanol–water partition coefficient (Wildman–Crippen LogP) is 4.76. The number of aromatic nitrogens is 1. The van der Waals surface area contributed by atoms with Crippen LogP contribution in [-0.2, 0) is 9.53 Å². The first kappa shape index (κ1) is 20.0. The van der Waals surface area contributed by atoms with E-state index in [4.69, 9.17) is 9.47 Å². The zero-order chi connectivity index (χ0) is 21.2. The van der Waals surface area contributed by atoms with Gasteiger partial charge in [0.15, 0.2) is 0 Å². The number of aryl methyl sites for hydroxylation is 1. The minimum atomic E-state index is -0.223. The highest BCUT2D eigenvalue weighted by Crippen LogP contribution is 2.30. The maximum atomic E-state index is 12.5. The average molecular weight is 417 g/mol. The van der Waals surface area contributed by atoms with Crippen LogP contribution < -0.4 is 4.74 Å². The summed E-state index contributed by atoms with van der Waals surface area (Å²) in [6.45, 7) is 4.32. The Morgan fingerprint density at radius 2 is 1.87 bits per heavy atom. The fraction of sp³-hybridized carbons (Fsp3) is 0.385. The highest BCUT2D eigenvalue weighted by atomic mass is 16.5. The molecule has 0 aliphatic carbocycles. The molecular weight excluding hydrogens is 388 g/mol. The Bertz CT molecular complexity index is 1070. The summed E-state index contributed by atoms with van der Waals surface area (Å²) < 4.78 is 11.8. The number of hydrogen-bond acceptors (Lipinski definition) is 4. The normalized spacial score (nSPS) is 19.6. The molecule has 5 rings (SSSR count). The molecule has 0 unspecified atom stereocenters. The number of piperidine rings is 1. The van der Waals surface area contributed by atoms with Crippen LogP contribution in [0.15, 0.2) is 54.7 Å². The van der Waals surface area contributed by atoms with Crippen LogP contribution in [0.2, 0.25) is 0 Å². The van der Waals surface area contributed by atoms with Gasteiger partial charge in [-0.3, -0.25) is 9.78 Å². The van der Waals surface area contributed by atoms with Crippen molar-refractivity contribution in [1.82, 2.24) is 9.88 Å². The molecule has 2 saturated heterocycles. The summed E-state index contributed by atoms with van der Waals surface area (Å²) in [5, 5.41) is 1.16. The van der Waals surface area contributed by atoms with E-state index < -0.39 is 0 Å². The van der Waals surface area contributed by atoms with E-state index in [2.05, 4.69) is 42.2 Å². The van der Waals surface area contributed by atoms with Gasteiger partial charge in [-0.2, -0.15) is 0 Å². The number of benzene rings is 2. The minimum Gasteiger partial charge on any atom is -0.490 e. The van der Waals surface area contributed by atoms with Crippen molar-refractivity contribution >= 4 is 16.8 Å². The average Bonchev–Trinajstić information content (AvgIpc) is 3.35. The number of nitrogens with zero attached hydrogens (tertiary/aromatic N) is 2. The van der Waals surface area contributed by atoms with Crippen molar-refractivity contribution in [2.45, 2.75) is 44.8 Å². The molecule has 2 aliphatic heterocycles. The maximum absolute atomic E-state index is 12.5. The van der Waals surface area contributed by atoms with E-state index in [1.54, 1.807) is 0 Å². The molecule has 0 saturated carbocycles. The van der Waals surface area contributed by atoms with Crippen LogP contribution in [0.5, 0.6) is 5.75 Å². The van der Waals surface area contributed by atoms with Gasteiger partial charge in [-0.1, -0.05) is 30.3 Å². The van der Waals surface area contributed by atoms with E-state index in [1.807, 2.05) is 29.3 Å². The van der Waals surface area contributed by atoms with Gasteiger partial charge in [0.1, 0.15) is 18.0 Å². The van der Waals surface area contributed by atoms with Crippen molar-refractivity contribution in [1.29, 1.82) is 0 Å². The first-order valence-electron chi connectivity index (χ1n) is 11.2. The largest absolute Gasteiger partial charge is 0.490 e. The van der Waals surface area contributed by atoms with Crippen LogP contribution in [0.25, 0.3) is 22.0 Å². The van der Waals surface area contributed by atoms with E-state index in [-0.39, 0.29) is 18.1 Å². The zero-order valence-electron chi connectivity index (χ0n) is 17.9. The number of pyridine rings is 1. The third-order valence-electron chi connectivity index (χ3n) is 6.45. The monoisotopic (exact) mass is 416 g/mol. The van der Waals surface area contributed by atoms with Gasteiger partial charge in [0, 0.05) is 44.1 Å². The summed E-state index contributed by atoms with van der Waals surface area (Å²) in [6, 6.07) is 16.7. The molecule has 2 fully saturated rings. The van der Waals surface area contributed by atoms with Crippen molar-refractivity contribution < 1.29 is 14.3 Å². The van der Waals surface area contributed by atoms with Gasteiger partial charge in [0.25, 0.3) is 5.91 Å². The minimum absolute atomic E-state index is 0.144. The Morgan fingerprint density at radius 1 is 1.06 bits per heavy atom. The number of rotatable bonds is 4. The molecule has 1 amide bonds. The number of likely N-dealkylation sites (tertiary alicyclic amines) is 1. The van der Waals surface area contributed by atoms with Crippen molar-refractivity contribution in [2.24, 2.45) is 0 Å². The second-order valence-corrected chi connectivity index (χ2v) is 8.48. The zero-order valence-corrected chi connectivity index (χ0v) is 17.9. The van der Waals surface area contributed by atoms with Gasteiger partial charge >= 0.3 is 0 Å². The van der Waals surface area contributed by atoms with Crippen molar-refractivity contribution in [3.8, 4) is 16.9 Å². The molecule has 0 radical (unpaired) electrons. The molecule has 160 valence electrons. The third kappa shape index (κ3) is 4.15. The van der Waals surface area contributed by atoms with E-state index in [1.165, 1.54) is 11.1 Å². The number of carbonyl (C=O) groups is 1. The van der Waals surface area contributed by atoms with Crippen molar-refractivity contribution in [2.75, 3.05) is 19.7 Å². The number of amides is 1. The van der Waals surface area contributed by atoms with Crippen LogP contribution in [0.3, 0.4) is 0 Å². The molecule has 0 N–H and O–H groups in total. The lowest BCUT2D eigenvalue weighted by Crippen LogP contribution is -2.45. The Hall–Kier alpha value is -2.92. The molecule has 1 atom stereocenters. The van der Waals surface area contributed by atoms with Crippen LogP contribution in [-0.4, -0.2) is 47.7 Å². The number of ether oxygens (including phenoxy) is 2. The Balaban J connectivity index is 1.21. The van der Waals surface area contributed by atoms with Gasteiger partial charge in [-0.05, 0) is 54.7 Å². The second-order valence-electron chi connectivity index (χ2n) is 8.48. The first-order valence-corrected chi connectivity index (χ1v) is 11.2. The second kappa shape index (κ2) is 8.67. The fourth-order valence-electron chi connectivity index (χ4n) is 4.68. The lowest BCUT2D eigenvalue weighted by Gasteiger charge is -2.33. The molecule has 0 bridgehead atoms. The van der Waals surface area contributed by atoms with E-state index in [0.29, 0.717) is 6.61 Å². The Labute approximate surface area is 183 Å². The summed E-state index contributed by atoms with van der Waals surface area (Å²) in [6.07, 6.45) is 5.32. The molecule has 5 nitrogen and oxygen atoms in total. The summed E-state index contributed by atoms with van der Waals surface area (Å²) in [7, 11) is 0. The fourth-order valence-corrected chi connectivity index (χ4v) is 4.68. The summed E-state index contributed by atoms with van der Waals surface area (Å²) in [5.41, 5.74) is 4.59. The SMILES string of the molecule is Cc1c(-c2ccc(OC3CCN(C(=O)[C@H]4CCCO4)CC3)cc2)ccc2cccnc12. The Kier molecular flexibility index (Phi) is 5.60. The van der Waals surface area contributed by atoms with Gasteiger partial charge < -0.3 is 14.4 Å². The molecule has 1 aromatic heterocycles. The Morgan fingerprint density at radius 3 is 2.61 bits per heavy atom. The lowest BCUT2D eigenvalue weighted by atomic mass is 9.98. The van der Waals surface area contributed by atoms with Gasteiger partial charge in [-0.25, -0.2) is 0 Å². The maximum Gasteiger partial charge on any atom is 0.251 e. The van der Waals surface area contributed by atoms with Gasteiger partial charge in [0.05, 0.1) is 5.52 Å². The summed E-state index contributed by atoms with van der Waals surface area (Å²) >= 11 is 0. The topological polar surface area (TPSA) is 51.7 Å². The summed E-state index contributed by atoms with van der Waals surface area (Å²) in [4.78, 5) is 19.0. The first-order chi connectivity index (χ1) is 15.2. The molecule has 31 heavy (non-hydrogen) atoms. The summed E-state index contributed by atoms with van der Waals surface area (Å²) in [5.74, 6) is 1.03. The van der Waals surface area contributed by atoms with Crippen molar-refractivity contribution in [3.05, 3.63) is 60.3 Å². The molecule has 5 heteroatoms. The van der Waals surface area contributed by atoms with Crippen LogP contribution in [0.4, 0.5) is 0 Å². The quantitative estimate of drug-likeness (QED) is 0.615. The van der Waals surface area contributed by atoms with Gasteiger partial charge in [0.2, 0.25) is 0 Å². The molecule has 3 heterocycles. The highest BCUT2D eigenvalue weighted by molar-refractivity contribution is 5.88. The predicted molar refractivity (Wildman–Crippen MR) is 121 cm³/mol. The molecular formula is C26H28N2O3. The lowest BCUT2D eigenvalue weighted by molar-refractivity contribution is -0.142. The standard InChI is InChI=1S/C26H28N2O3/c1-18-23(11-8-20-4-2-14-27-25(18)20)19-6-9-21(10-7-19)31-22-12-15-28(16-13-22)26(29)24-5-3-17-30-24/h2,4,6-11,14,22,24H,3,5,12-13,15-17H2,1H3/t24-/m1/s1. The van der Waals surface area contributed by atoms with E-state index in [0.717, 1.165) is 61.0 Å². The smallest absolute Gasteiger partial charge is 0.251 e. The van der Waals surface area contributed by atoms with Gasteiger partial charge in [-0.15, -0.1) is 0 Å². The van der Waals surface area contributed by atoms with E-state index in [9.17, 15) is 4.79 Å².